The third kappa shape index (κ3) is 5.79. The standard InChI is InChI=1S/C12H29N5/c1-3-17(4-2)14-6-8-16-11-9-15(7-5-13)10-12-16/h14H,3-13H2,1-2H3. The summed E-state index contributed by atoms with van der Waals surface area (Å²) in [5.41, 5.74) is 9.03. The molecule has 0 unspecified atom stereocenters. The summed E-state index contributed by atoms with van der Waals surface area (Å²) in [6.07, 6.45) is 0. The Morgan fingerprint density at radius 3 is 2.00 bits per heavy atom. The zero-order chi connectivity index (χ0) is 12.5. The van der Waals surface area contributed by atoms with Crippen molar-refractivity contribution in [2.75, 3.05) is 65.4 Å². The lowest BCUT2D eigenvalue weighted by molar-refractivity contribution is 0.123. The molecule has 0 saturated carbocycles. The molecule has 1 saturated heterocycles. The summed E-state index contributed by atoms with van der Waals surface area (Å²) in [6.45, 7) is 15.2. The molecule has 0 aromatic rings. The van der Waals surface area contributed by atoms with Gasteiger partial charge in [0.15, 0.2) is 0 Å². The predicted octanol–water partition coefficient (Wildman–Crippen LogP) is -0.591. The van der Waals surface area contributed by atoms with Crippen LogP contribution < -0.4 is 11.2 Å². The van der Waals surface area contributed by atoms with E-state index < -0.39 is 0 Å². The number of hydrazine groups is 1. The second-order valence-corrected chi connectivity index (χ2v) is 4.55. The molecule has 3 N–H and O–H groups in total. The van der Waals surface area contributed by atoms with E-state index in [-0.39, 0.29) is 0 Å². The van der Waals surface area contributed by atoms with Crippen molar-refractivity contribution < 1.29 is 0 Å². The van der Waals surface area contributed by atoms with Gasteiger partial charge < -0.3 is 5.73 Å². The quantitative estimate of drug-likeness (QED) is 0.558. The molecule has 0 spiro atoms. The van der Waals surface area contributed by atoms with E-state index in [4.69, 9.17) is 5.73 Å². The summed E-state index contributed by atoms with van der Waals surface area (Å²) < 4.78 is 0. The van der Waals surface area contributed by atoms with E-state index >= 15 is 0 Å². The van der Waals surface area contributed by atoms with Gasteiger partial charge in [-0.2, -0.15) is 0 Å². The number of hydrogen-bond acceptors (Lipinski definition) is 5. The molecule has 5 heteroatoms. The molecular weight excluding hydrogens is 214 g/mol. The van der Waals surface area contributed by atoms with Gasteiger partial charge in [0.1, 0.15) is 0 Å². The molecule has 0 atom stereocenters. The van der Waals surface area contributed by atoms with Crippen molar-refractivity contribution in [1.82, 2.24) is 20.2 Å². The SMILES string of the molecule is CCN(CC)NCCN1CCN(CCN)CC1. The van der Waals surface area contributed by atoms with Crippen LogP contribution in [0.1, 0.15) is 13.8 Å². The van der Waals surface area contributed by atoms with Crippen LogP contribution in [0.3, 0.4) is 0 Å². The van der Waals surface area contributed by atoms with Crippen molar-refractivity contribution in [3.05, 3.63) is 0 Å². The monoisotopic (exact) mass is 243 g/mol. The fourth-order valence-corrected chi connectivity index (χ4v) is 2.23. The normalized spacial score (nSPS) is 19.1. The number of nitrogens with two attached hydrogens (primary N) is 1. The fourth-order valence-electron chi connectivity index (χ4n) is 2.23. The molecule has 5 nitrogen and oxygen atoms in total. The molecule has 1 fully saturated rings. The highest BCUT2D eigenvalue weighted by Gasteiger charge is 2.15. The summed E-state index contributed by atoms with van der Waals surface area (Å²) in [6, 6.07) is 0. The largest absolute Gasteiger partial charge is 0.329 e. The Kier molecular flexibility index (Phi) is 7.72. The molecule has 1 heterocycles. The highest BCUT2D eigenvalue weighted by Crippen LogP contribution is 1.99. The lowest BCUT2D eigenvalue weighted by atomic mass is 10.3. The first-order chi connectivity index (χ1) is 8.30. The van der Waals surface area contributed by atoms with Gasteiger partial charge in [0.2, 0.25) is 0 Å². The van der Waals surface area contributed by atoms with Crippen LogP contribution in [0.4, 0.5) is 0 Å². The molecule has 17 heavy (non-hydrogen) atoms. The molecule has 0 aromatic carbocycles. The average molecular weight is 243 g/mol. The fraction of sp³-hybridized carbons (Fsp3) is 1.00. The van der Waals surface area contributed by atoms with Gasteiger partial charge in [0.05, 0.1) is 0 Å². The van der Waals surface area contributed by atoms with Crippen LogP contribution in [-0.2, 0) is 0 Å². The minimum atomic E-state index is 0.781. The van der Waals surface area contributed by atoms with Crippen LogP contribution in [0.15, 0.2) is 0 Å². The summed E-state index contributed by atoms with van der Waals surface area (Å²) in [5.74, 6) is 0. The first kappa shape index (κ1) is 14.9. The van der Waals surface area contributed by atoms with Gasteiger partial charge in [-0.05, 0) is 0 Å². The number of nitrogens with zero attached hydrogens (tertiary/aromatic N) is 3. The van der Waals surface area contributed by atoms with Crippen LogP contribution >= 0.6 is 0 Å². The molecule has 0 bridgehead atoms. The van der Waals surface area contributed by atoms with Gasteiger partial charge in [0.25, 0.3) is 0 Å². The second kappa shape index (κ2) is 8.83. The maximum Gasteiger partial charge on any atom is 0.0230 e. The van der Waals surface area contributed by atoms with Gasteiger partial charge in [0, 0.05) is 65.4 Å². The van der Waals surface area contributed by atoms with E-state index in [0.29, 0.717) is 0 Å². The smallest absolute Gasteiger partial charge is 0.0230 e. The van der Waals surface area contributed by atoms with Gasteiger partial charge >= 0.3 is 0 Å². The first-order valence-electron chi connectivity index (χ1n) is 6.93. The molecule has 1 aliphatic heterocycles. The second-order valence-electron chi connectivity index (χ2n) is 4.55. The van der Waals surface area contributed by atoms with Crippen LogP contribution in [0.5, 0.6) is 0 Å². The molecule has 0 amide bonds. The Morgan fingerprint density at radius 1 is 1.00 bits per heavy atom. The zero-order valence-electron chi connectivity index (χ0n) is 11.5. The summed E-state index contributed by atoms with van der Waals surface area (Å²) in [5, 5.41) is 2.25. The van der Waals surface area contributed by atoms with Crippen molar-refractivity contribution >= 4 is 0 Å². The summed E-state index contributed by atoms with van der Waals surface area (Å²) in [7, 11) is 0. The van der Waals surface area contributed by atoms with E-state index in [0.717, 1.165) is 39.3 Å². The van der Waals surface area contributed by atoms with Crippen LogP contribution in [0.2, 0.25) is 0 Å². The lowest BCUT2D eigenvalue weighted by Crippen LogP contribution is -2.50. The third-order valence-corrected chi connectivity index (χ3v) is 3.44. The summed E-state index contributed by atoms with van der Waals surface area (Å²) in [4.78, 5) is 4.98. The van der Waals surface area contributed by atoms with E-state index in [2.05, 4.69) is 34.1 Å². The maximum absolute atomic E-state index is 5.57. The summed E-state index contributed by atoms with van der Waals surface area (Å²) >= 11 is 0. The molecule has 0 aliphatic carbocycles. The number of rotatable bonds is 8. The molecule has 102 valence electrons. The highest BCUT2D eigenvalue weighted by molar-refractivity contribution is 4.72. The van der Waals surface area contributed by atoms with Crippen molar-refractivity contribution in [3.63, 3.8) is 0 Å². The van der Waals surface area contributed by atoms with Crippen molar-refractivity contribution in [3.8, 4) is 0 Å². The van der Waals surface area contributed by atoms with Crippen LogP contribution in [0.25, 0.3) is 0 Å². The Morgan fingerprint density at radius 2 is 1.53 bits per heavy atom. The molecular formula is C12H29N5. The Labute approximate surface area is 106 Å². The minimum absolute atomic E-state index is 0.781. The van der Waals surface area contributed by atoms with Gasteiger partial charge in [-0.15, -0.1) is 0 Å². The third-order valence-electron chi connectivity index (χ3n) is 3.44. The topological polar surface area (TPSA) is 47.8 Å². The predicted molar refractivity (Wildman–Crippen MR) is 72.9 cm³/mol. The van der Waals surface area contributed by atoms with Gasteiger partial charge in [-0.25, -0.2) is 5.01 Å². The van der Waals surface area contributed by atoms with E-state index in [1.54, 1.807) is 0 Å². The van der Waals surface area contributed by atoms with Crippen molar-refractivity contribution in [2.45, 2.75) is 13.8 Å². The van der Waals surface area contributed by atoms with Crippen LogP contribution in [0, 0.1) is 0 Å². The molecule has 0 radical (unpaired) electrons. The average Bonchev–Trinajstić information content (AvgIpc) is 2.37. The molecule has 1 rings (SSSR count). The Bertz CT molecular complexity index is 176. The van der Waals surface area contributed by atoms with Crippen molar-refractivity contribution in [2.24, 2.45) is 5.73 Å². The molecule has 0 aromatic heterocycles. The Balaban J connectivity index is 2.06. The van der Waals surface area contributed by atoms with E-state index in [1.807, 2.05) is 0 Å². The number of hydrogen-bond donors (Lipinski definition) is 2. The number of piperazine rings is 1. The van der Waals surface area contributed by atoms with Gasteiger partial charge in [-0.1, -0.05) is 13.8 Å². The zero-order valence-corrected chi connectivity index (χ0v) is 11.5. The van der Waals surface area contributed by atoms with Gasteiger partial charge in [-0.3, -0.25) is 15.2 Å². The molecule has 1 aliphatic rings. The van der Waals surface area contributed by atoms with E-state index in [1.165, 1.54) is 26.2 Å². The Hall–Kier alpha value is -0.200. The first-order valence-corrected chi connectivity index (χ1v) is 6.93. The lowest BCUT2D eigenvalue weighted by Gasteiger charge is -2.34. The van der Waals surface area contributed by atoms with Crippen LogP contribution in [-0.4, -0.2) is 80.3 Å². The van der Waals surface area contributed by atoms with E-state index in [9.17, 15) is 0 Å². The maximum atomic E-state index is 5.57. The van der Waals surface area contributed by atoms with Crippen molar-refractivity contribution in [1.29, 1.82) is 0 Å². The highest BCUT2D eigenvalue weighted by atomic mass is 15.5. The minimum Gasteiger partial charge on any atom is -0.329 e. The number of nitrogens with one attached hydrogen (secondary N) is 1.